The van der Waals surface area contributed by atoms with E-state index >= 15 is 0 Å². The van der Waals surface area contributed by atoms with E-state index in [1.165, 1.54) is 22.6 Å². The molecule has 2 heterocycles. The Morgan fingerprint density at radius 1 is 1.29 bits per heavy atom. The van der Waals surface area contributed by atoms with Gasteiger partial charge < -0.3 is 13.7 Å². The number of nitrogens with one attached hydrogen (secondary N) is 1. The molecule has 4 aromatic rings. The number of thiophene rings is 1. The molecule has 1 amide bonds. The van der Waals surface area contributed by atoms with Crippen molar-refractivity contribution in [2.75, 3.05) is 4.90 Å². The molecule has 2 unspecified atom stereocenters. The highest BCUT2D eigenvalue weighted by Crippen LogP contribution is 2.36. The fourth-order valence-corrected chi connectivity index (χ4v) is 5.75. The number of rotatable bonds is 11. The first-order valence-electron chi connectivity index (χ1n) is 12.4. The highest BCUT2D eigenvalue weighted by atomic mass is 32.2. The molecule has 0 spiro atoms. The van der Waals surface area contributed by atoms with Gasteiger partial charge in [0.2, 0.25) is 18.2 Å². The van der Waals surface area contributed by atoms with Crippen molar-refractivity contribution in [2.45, 2.75) is 44.7 Å². The first kappa shape index (κ1) is 26.4. The summed E-state index contributed by atoms with van der Waals surface area (Å²) in [5, 5.41) is 2.04. The number of anilines is 1. The lowest BCUT2D eigenvalue weighted by Gasteiger charge is -2.25. The quantitative estimate of drug-likeness (QED) is 0.130. The van der Waals surface area contributed by atoms with Crippen LogP contribution in [0.3, 0.4) is 0 Å². The van der Waals surface area contributed by atoms with Crippen molar-refractivity contribution in [2.24, 2.45) is 7.05 Å². The van der Waals surface area contributed by atoms with Crippen molar-refractivity contribution in [1.82, 2.24) is 15.0 Å². The highest BCUT2D eigenvalue weighted by molar-refractivity contribution is 7.90. The van der Waals surface area contributed by atoms with Crippen molar-refractivity contribution >= 4 is 35.3 Å². The molecule has 0 saturated heterocycles. The Morgan fingerprint density at radius 2 is 2.18 bits per heavy atom. The van der Waals surface area contributed by atoms with E-state index in [1.807, 2.05) is 40.2 Å². The van der Waals surface area contributed by atoms with Gasteiger partial charge in [-0.1, -0.05) is 25.1 Å². The van der Waals surface area contributed by atoms with Gasteiger partial charge >= 0.3 is 0 Å². The molecule has 2 aromatic heterocycles. The molecule has 38 heavy (non-hydrogen) atoms. The van der Waals surface area contributed by atoms with E-state index in [9.17, 15) is 9.18 Å². The second-order valence-corrected chi connectivity index (χ2v) is 10.8. The number of hydrogen-bond donors (Lipinski definition) is 1. The van der Waals surface area contributed by atoms with Gasteiger partial charge in [0.05, 0.1) is 12.6 Å². The number of halogens is 1. The number of hydrogen-bond acceptors (Lipinski definition) is 7. The minimum atomic E-state index is -0.372. The van der Waals surface area contributed by atoms with E-state index in [2.05, 4.69) is 35.6 Å². The van der Waals surface area contributed by atoms with Crippen molar-refractivity contribution in [3.05, 3.63) is 100 Å². The third-order valence-electron chi connectivity index (χ3n) is 6.70. The summed E-state index contributed by atoms with van der Waals surface area (Å²) in [4.78, 5) is 21.1. The second kappa shape index (κ2) is 12.1. The third kappa shape index (κ3) is 6.27. The zero-order valence-electron chi connectivity index (χ0n) is 21.2. The third-order valence-corrected chi connectivity index (χ3v) is 8.23. The number of nitrogens with zero attached hydrogens (tertiary/aromatic N) is 3. The molecule has 198 valence electrons. The summed E-state index contributed by atoms with van der Waals surface area (Å²) in [6.45, 7) is 2.47. The zero-order valence-corrected chi connectivity index (χ0v) is 22.8. The van der Waals surface area contributed by atoms with Gasteiger partial charge in [0.15, 0.2) is 0 Å². The number of imidazole rings is 1. The topological polar surface area (TPSA) is 68.6 Å². The molecular formula is C28H29FN4O3S2. The average molecular weight is 553 g/mol. The lowest BCUT2D eigenvalue weighted by Crippen LogP contribution is -2.32. The second-order valence-electron chi connectivity index (χ2n) is 9.34. The molecule has 0 fully saturated rings. The lowest BCUT2D eigenvalue weighted by atomic mass is 10.0. The number of carbonyl (C=O) groups excluding carboxylic acids is 1. The van der Waals surface area contributed by atoms with Crippen molar-refractivity contribution in [1.29, 1.82) is 0 Å². The van der Waals surface area contributed by atoms with Crippen LogP contribution in [-0.4, -0.2) is 15.5 Å². The smallest absolute Gasteiger partial charge is 0.244 e. The standard InChI is InChI=1S/C28H29FN4O3S2/c1-19(26-7-4-14-37-26)15-28(34)33(18-27-30-12-13-32(27)2)22-10-8-20-9-11-25(24(20)17-22)31-36-38-35-23-6-3-5-21(29)16-23/h3-8,10,12-14,16-17,19,25,31H,9,11,15,18H2,1-2H3. The fraction of sp³-hybridized carbons (Fsp3) is 0.286. The Labute approximate surface area is 230 Å². The summed E-state index contributed by atoms with van der Waals surface area (Å²) in [5.74, 6) is 0.978. The predicted molar refractivity (Wildman–Crippen MR) is 148 cm³/mol. The first-order valence-corrected chi connectivity index (χ1v) is 14.0. The monoisotopic (exact) mass is 552 g/mol. The fourth-order valence-electron chi connectivity index (χ4n) is 4.59. The van der Waals surface area contributed by atoms with Crippen LogP contribution in [0, 0.1) is 5.82 Å². The summed E-state index contributed by atoms with van der Waals surface area (Å²) in [5.41, 5.74) is 6.17. The number of fused-ring (bicyclic) bond motifs is 1. The molecule has 1 aliphatic rings. The van der Waals surface area contributed by atoms with Gasteiger partial charge in [0.1, 0.15) is 17.4 Å². The maximum atomic E-state index is 13.6. The molecule has 1 aliphatic carbocycles. The van der Waals surface area contributed by atoms with E-state index in [0.29, 0.717) is 18.7 Å². The predicted octanol–water partition coefficient (Wildman–Crippen LogP) is 6.50. The van der Waals surface area contributed by atoms with Crippen LogP contribution in [0.2, 0.25) is 0 Å². The molecule has 0 radical (unpaired) electrons. The molecule has 10 heteroatoms. The van der Waals surface area contributed by atoms with Crippen LogP contribution in [0.25, 0.3) is 0 Å². The van der Waals surface area contributed by atoms with Gasteiger partial charge in [-0.15, -0.1) is 11.3 Å². The van der Waals surface area contributed by atoms with Crippen molar-refractivity contribution < 1.29 is 17.7 Å². The highest BCUT2D eigenvalue weighted by Gasteiger charge is 2.27. The molecule has 2 aromatic carbocycles. The van der Waals surface area contributed by atoms with Gasteiger partial charge in [0.25, 0.3) is 0 Å². The number of hydroxylamine groups is 1. The lowest BCUT2D eigenvalue weighted by molar-refractivity contribution is -0.119. The number of carbonyl (C=O) groups is 1. The van der Waals surface area contributed by atoms with Crippen molar-refractivity contribution in [3.8, 4) is 5.75 Å². The Bertz CT molecular complexity index is 1380. The van der Waals surface area contributed by atoms with E-state index in [0.717, 1.165) is 42.2 Å². The summed E-state index contributed by atoms with van der Waals surface area (Å²) in [7, 11) is 1.93. The van der Waals surface area contributed by atoms with Crippen LogP contribution in [0.4, 0.5) is 10.1 Å². The van der Waals surface area contributed by atoms with Gasteiger partial charge in [-0.2, -0.15) is 9.76 Å². The van der Waals surface area contributed by atoms with E-state index < -0.39 is 0 Å². The summed E-state index contributed by atoms with van der Waals surface area (Å²) in [6.07, 6.45) is 5.78. The molecule has 0 bridgehead atoms. The molecule has 7 nitrogen and oxygen atoms in total. The van der Waals surface area contributed by atoms with E-state index in [1.54, 1.807) is 29.7 Å². The van der Waals surface area contributed by atoms with Crippen LogP contribution < -0.4 is 14.6 Å². The summed E-state index contributed by atoms with van der Waals surface area (Å²) < 4.78 is 26.2. The van der Waals surface area contributed by atoms with Gasteiger partial charge in [-0.25, -0.2) is 9.37 Å². The van der Waals surface area contributed by atoms with Gasteiger partial charge in [0, 0.05) is 42.5 Å². The minimum absolute atomic E-state index is 0.0478. The number of amides is 1. The zero-order chi connectivity index (χ0) is 26.5. The molecule has 0 aliphatic heterocycles. The van der Waals surface area contributed by atoms with E-state index in [-0.39, 0.29) is 23.7 Å². The van der Waals surface area contributed by atoms with Crippen LogP contribution >= 0.6 is 23.7 Å². The Morgan fingerprint density at radius 3 is 2.95 bits per heavy atom. The number of aryl methyl sites for hydroxylation is 2. The van der Waals surface area contributed by atoms with Crippen molar-refractivity contribution in [3.63, 3.8) is 0 Å². The number of aromatic nitrogens is 2. The van der Waals surface area contributed by atoms with Gasteiger partial charge in [-0.3, -0.25) is 4.79 Å². The molecular weight excluding hydrogens is 523 g/mol. The normalized spacial score (nSPS) is 15.3. The van der Waals surface area contributed by atoms with E-state index in [4.69, 9.17) is 8.47 Å². The molecule has 2 atom stereocenters. The largest absolute Gasteiger partial charge is 0.399 e. The summed E-state index contributed by atoms with van der Waals surface area (Å²) in [6, 6.07) is 16.1. The first-order chi connectivity index (χ1) is 18.5. The van der Waals surface area contributed by atoms with Gasteiger partial charge in [-0.05, 0) is 65.6 Å². The SMILES string of the molecule is CC(CC(=O)N(Cc1nccn1C)c1ccc2c(c1)C(NOSOc1cccc(F)c1)CC2)c1cccs1. The summed E-state index contributed by atoms with van der Waals surface area (Å²) >= 11 is 2.42. The molecule has 5 rings (SSSR count). The van der Waals surface area contributed by atoms with Crippen LogP contribution in [-0.2, 0) is 29.1 Å². The molecule has 1 N–H and O–H groups in total. The van der Waals surface area contributed by atoms with Crippen LogP contribution in [0.1, 0.15) is 53.6 Å². The number of benzene rings is 2. The Balaban J connectivity index is 1.30. The average Bonchev–Trinajstić information content (AvgIpc) is 3.67. The Kier molecular flexibility index (Phi) is 8.43. The Hall–Kier alpha value is -3.18. The maximum Gasteiger partial charge on any atom is 0.244 e. The molecule has 0 saturated carbocycles. The van der Waals surface area contributed by atoms with Crippen LogP contribution in [0.15, 0.2) is 72.4 Å². The van der Waals surface area contributed by atoms with Crippen LogP contribution in [0.5, 0.6) is 5.75 Å². The minimum Gasteiger partial charge on any atom is -0.399 e. The maximum absolute atomic E-state index is 13.6.